The molecule has 0 aliphatic rings. The van der Waals surface area contributed by atoms with E-state index in [1.54, 1.807) is 13.0 Å². The number of aromatic nitrogens is 1. The third-order valence-electron chi connectivity index (χ3n) is 1.52. The van der Waals surface area contributed by atoms with E-state index in [1.165, 1.54) is 13.2 Å². The van der Waals surface area contributed by atoms with E-state index in [4.69, 9.17) is 0 Å². The summed E-state index contributed by atoms with van der Waals surface area (Å²) in [5.41, 5.74) is 1.20. The lowest BCUT2D eigenvalue weighted by Gasteiger charge is -2.00. The largest absolute Gasteiger partial charge is 0.465 e. The summed E-state index contributed by atoms with van der Waals surface area (Å²) in [4.78, 5) is 25.4. The summed E-state index contributed by atoms with van der Waals surface area (Å²) in [6.07, 6.45) is 0.597. The summed E-state index contributed by atoms with van der Waals surface area (Å²) in [6, 6.07) is 2.96. The Labute approximate surface area is 75.5 Å². The standard InChI is InChI=1S/C9H9NO3/c1-6-3-7(9(12)13-2)4-8(5-11)10-6/h3-5H,1-2H3. The summed E-state index contributed by atoms with van der Waals surface area (Å²) in [6.45, 7) is 1.71. The van der Waals surface area contributed by atoms with Crippen LogP contribution in [0.1, 0.15) is 26.5 Å². The van der Waals surface area contributed by atoms with Crippen LogP contribution in [0.2, 0.25) is 0 Å². The third-order valence-corrected chi connectivity index (χ3v) is 1.52. The molecule has 1 aromatic heterocycles. The highest BCUT2D eigenvalue weighted by Gasteiger charge is 2.07. The fraction of sp³-hybridized carbons (Fsp3) is 0.222. The van der Waals surface area contributed by atoms with E-state index in [0.717, 1.165) is 0 Å². The first-order valence-corrected chi connectivity index (χ1v) is 3.69. The van der Waals surface area contributed by atoms with Crippen LogP contribution >= 0.6 is 0 Å². The van der Waals surface area contributed by atoms with Crippen molar-refractivity contribution in [2.75, 3.05) is 7.11 Å². The van der Waals surface area contributed by atoms with Gasteiger partial charge in [0.25, 0.3) is 0 Å². The molecule has 4 nitrogen and oxygen atoms in total. The molecule has 0 atom stereocenters. The number of nitrogens with zero attached hydrogens (tertiary/aromatic N) is 1. The van der Waals surface area contributed by atoms with Crippen molar-refractivity contribution in [3.8, 4) is 0 Å². The molecule has 0 N–H and O–H groups in total. The molecular weight excluding hydrogens is 170 g/mol. The third kappa shape index (κ3) is 2.11. The Kier molecular flexibility index (Phi) is 2.74. The molecule has 0 fully saturated rings. The monoisotopic (exact) mass is 179 g/mol. The second-order valence-corrected chi connectivity index (χ2v) is 2.53. The molecule has 0 aromatic carbocycles. The SMILES string of the molecule is COC(=O)c1cc(C)nc(C=O)c1. The zero-order chi connectivity index (χ0) is 9.84. The number of pyridine rings is 1. The highest BCUT2D eigenvalue weighted by molar-refractivity contribution is 5.91. The van der Waals surface area contributed by atoms with E-state index in [-0.39, 0.29) is 5.69 Å². The second kappa shape index (κ2) is 3.80. The van der Waals surface area contributed by atoms with Crippen molar-refractivity contribution in [3.63, 3.8) is 0 Å². The average molecular weight is 179 g/mol. The van der Waals surface area contributed by atoms with Gasteiger partial charge in [0, 0.05) is 5.69 Å². The lowest BCUT2D eigenvalue weighted by Crippen LogP contribution is -2.04. The van der Waals surface area contributed by atoms with E-state index < -0.39 is 5.97 Å². The summed E-state index contributed by atoms with van der Waals surface area (Å²) in [7, 11) is 1.29. The van der Waals surface area contributed by atoms with E-state index in [2.05, 4.69) is 9.72 Å². The van der Waals surface area contributed by atoms with Gasteiger partial charge in [-0.05, 0) is 19.1 Å². The molecule has 4 heteroatoms. The molecule has 0 aliphatic heterocycles. The Morgan fingerprint density at radius 2 is 2.23 bits per heavy atom. The molecule has 1 rings (SSSR count). The molecule has 68 valence electrons. The molecule has 0 bridgehead atoms. The Hall–Kier alpha value is -1.71. The molecule has 1 heterocycles. The molecular formula is C9H9NO3. The first-order valence-electron chi connectivity index (χ1n) is 3.69. The van der Waals surface area contributed by atoms with Crippen molar-refractivity contribution >= 4 is 12.3 Å². The van der Waals surface area contributed by atoms with Crippen LogP contribution in [0.15, 0.2) is 12.1 Å². The maximum absolute atomic E-state index is 11.1. The second-order valence-electron chi connectivity index (χ2n) is 2.53. The van der Waals surface area contributed by atoms with Crippen molar-refractivity contribution < 1.29 is 14.3 Å². The number of hydrogen-bond acceptors (Lipinski definition) is 4. The number of aryl methyl sites for hydroxylation is 1. The normalized spacial score (nSPS) is 9.38. The Morgan fingerprint density at radius 3 is 2.77 bits per heavy atom. The quantitative estimate of drug-likeness (QED) is 0.501. The van der Waals surface area contributed by atoms with E-state index >= 15 is 0 Å². The molecule has 0 radical (unpaired) electrons. The number of esters is 1. The fourth-order valence-corrected chi connectivity index (χ4v) is 0.990. The summed E-state index contributed by atoms with van der Waals surface area (Å²) >= 11 is 0. The molecule has 1 aromatic rings. The molecule has 0 amide bonds. The smallest absolute Gasteiger partial charge is 0.337 e. The van der Waals surface area contributed by atoms with E-state index in [1.807, 2.05) is 0 Å². The first-order chi connectivity index (χ1) is 6.17. The van der Waals surface area contributed by atoms with Crippen LogP contribution in [-0.4, -0.2) is 24.3 Å². The molecule has 13 heavy (non-hydrogen) atoms. The minimum atomic E-state index is -0.464. The summed E-state index contributed by atoms with van der Waals surface area (Å²) in [5.74, 6) is -0.464. The average Bonchev–Trinajstić information content (AvgIpc) is 2.15. The van der Waals surface area contributed by atoms with Crippen LogP contribution < -0.4 is 0 Å². The van der Waals surface area contributed by atoms with Gasteiger partial charge < -0.3 is 4.74 Å². The highest BCUT2D eigenvalue weighted by Crippen LogP contribution is 2.05. The van der Waals surface area contributed by atoms with Gasteiger partial charge in [0.15, 0.2) is 6.29 Å². The first kappa shape index (κ1) is 9.38. The molecule has 0 unspecified atom stereocenters. The van der Waals surface area contributed by atoms with Crippen LogP contribution in [0.25, 0.3) is 0 Å². The van der Waals surface area contributed by atoms with Crippen LogP contribution in [0, 0.1) is 6.92 Å². The van der Waals surface area contributed by atoms with Gasteiger partial charge >= 0.3 is 5.97 Å². The Balaban J connectivity index is 3.15. The Bertz CT molecular complexity index is 347. The predicted molar refractivity (Wildman–Crippen MR) is 45.7 cm³/mol. The van der Waals surface area contributed by atoms with Gasteiger partial charge in [-0.1, -0.05) is 0 Å². The number of carbonyl (C=O) groups excluding carboxylic acids is 2. The van der Waals surface area contributed by atoms with Gasteiger partial charge in [-0.2, -0.15) is 0 Å². The predicted octanol–water partition coefficient (Wildman–Crippen LogP) is 0.989. The van der Waals surface area contributed by atoms with Crippen LogP contribution in [-0.2, 0) is 4.74 Å². The topological polar surface area (TPSA) is 56.3 Å². The molecule has 0 saturated carbocycles. The summed E-state index contributed by atoms with van der Waals surface area (Å²) < 4.78 is 4.51. The van der Waals surface area contributed by atoms with Gasteiger partial charge in [0.1, 0.15) is 5.69 Å². The van der Waals surface area contributed by atoms with Crippen LogP contribution in [0.4, 0.5) is 0 Å². The minimum Gasteiger partial charge on any atom is -0.465 e. The lowest BCUT2D eigenvalue weighted by atomic mass is 10.2. The summed E-state index contributed by atoms with van der Waals surface area (Å²) in [5, 5.41) is 0. The number of aldehydes is 1. The maximum atomic E-state index is 11.1. The number of carbonyl (C=O) groups is 2. The molecule has 0 aliphatic carbocycles. The van der Waals surface area contributed by atoms with E-state index in [0.29, 0.717) is 17.5 Å². The zero-order valence-corrected chi connectivity index (χ0v) is 7.40. The molecule has 0 spiro atoms. The van der Waals surface area contributed by atoms with Crippen molar-refractivity contribution in [1.82, 2.24) is 4.98 Å². The van der Waals surface area contributed by atoms with Gasteiger partial charge in [-0.25, -0.2) is 4.79 Å². The van der Waals surface area contributed by atoms with Gasteiger partial charge in [0.05, 0.1) is 12.7 Å². The van der Waals surface area contributed by atoms with Gasteiger partial charge in [-0.15, -0.1) is 0 Å². The number of rotatable bonds is 2. The maximum Gasteiger partial charge on any atom is 0.337 e. The molecule has 0 saturated heterocycles. The van der Waals surface area contributed by atoms with Crippen LogP contribution in [0.5, 0.6) is 0 Å². The van der Waals surface area contributed by atoms with Crippen molar-refractivity contribution in [1.29, 1.82) is 0 Å². The van der Waals surface area contributed by atoms with Gasteiger partial charge in [0.2, 0.25) is 0 Å². The minimum absolute atomic E-state index is 0.236. The van der Waals surface area contributed by atoms with Crippen molar-refractivity contribution in [2.45, 2.75) is 6.92 Å². The Morgan fingerprint density at radius 1 is 1.54 bits per heavy atom. The fourth-order valence-electron chi connectivity index (χ4n) is 0.990. The number of hydrogen-bond donors (Lipinski definition) is 0. The number of ether oxygens (including phenoxy) is 1. The van der Waals surface area contributed by atoms with Crippen molar-refractivity contribution in [3.05, 3.63) is 29.1 Å². The number of methoxy groups -OCH3 is 1. The van der Waals surface area contributed by atoms with E-state index in [9.17, 15) is 9.59 Å². The lowest BCUT2D eigenvalue weighted by molar-refractivity contribution is 0.0600. The van der Waals surface area contributed by atoms with Gasteiger partial charge in [-0.3, -0.25) is 9.78 Å². The van der Waals surface area contributed by atoms with Crippen molar-refractivity contribution in [2.24, 2.45) is 0 Å². The van der Waals surface area contributed by atoms with Crippen LogP contribution in [0.3, 0.4) is 0 Å². The zero-order valence-electron chi connectivity index (χ0n) is 7.40. The highest BCUT2D eigenvalue weighted by atomic mass is 16.5.